The van der Waals surface area contributed by atoms with Crippen LogP contribution < -0.4 is 9.47 Å². The highest BCUT2D eigenvalue weighted by atomic mass is 16.6. The molecule has 3 heterocycles. The van der Waals surface area contributed by atoms with E-state index in [1.807, 2.05) is 0 Å². The summed E-state index contributed by atoms with van der Waals surface area (Å²) in [5, 5.41) is 0. The second-order valence-corrected chi connectivity index (χ2v) is 7.51. The zero-order chi connectivity index (χ0) is 17.2. The van der Waals surface area contributed by atoms with Crippen molar-refractivity contribution in [2.45, 2.75) is 42.6 Å². The molecule has 2 fully saturated rings. The van der Waals surface area contributed by atoms with Crippen LogP contribution in [0.25, 0.3) is 0 Å². The predicted molar refractivity (Wildman–Crippen MR) is 93.3 cm³/mol. The highest BCUT2D eigenvalue weighted by Crippen LogP contribution is 2.65. The first-order valence-corrected chi connectivity index (χ1v) is 9.09. The van der Waals surface area contributed by atoms with Crippen molar-refractivity contribution in [2.75, 3.05) is 34.4 Å². The molecule has 0 bridgehead atoms. The molecule has 5 heteroatoms. The van der Waals surface area contributed by atoms with Gasteiger partial charge in [0.05, 0.1) is 25.9 Å². The number of ether oxygens (including phenoxy) is 4. The summed E-state index contributed by atoms with van der Waals surface area (Å²) in [5.41, 5.74) is 2.30. The van der Waals surface area contributed by atoms with Gasteiger partial charge in [0.1, 0.15) is 11.7 Å². The SMILES string of the molecule is COc1cc2c(cc1OC)[C@]13C[C@@H](OC)C=C[C@]14O[C@H]4CN3CCC2. The van der Waals surface area contributed by atoms with Gasteiger partial charge in [0.25, 0.3) is 0 Å². The Labute approximate surface area is 148 Å². The molecule has 4 atom stereocenters. The summed E-state index contributed by atoms with van der Waals surface area (Å²) in [4.78, 5) is 2.63. The summed E-state index contributed by atoms with van der Waals surface area (Å²) in [5.74, 6) is 1.60. The van der Waals surface area contributed by atoms with Gasteiger partial charge < -0.3 is 18.9 Å². The molecule has 1 aliphatic carbocycles. The number of methoxy groups -OCH3 is 3. The Hall–Kier alpha value is -1.56. The van der Waals surface area contributed by atoms with Crippen molar-refractivity contribution in [1.29, 1.82) is 0 Å². The first-order valence-electron chi connectivity index (χ1n) is 9.09. The fraction of sp³-hybridized carbons (Fsp3) is 0.600. The molecule has 4 aliphatic rings. The van der Waals surface area contributed by atoms with E-state index in [-0.39, 0.29) is 17.2 Å². The first-order chi connectivity index (χ1) is 12.2. The molecule has 2 spiro atoms. The van der Waals surface area contributed by atoms with Crippen LogP contribution in [0.5, 0.6) is 11.5 Å². The van der Waals surface area contributed by atoms with E-state index in [4.69, 9.17) is 18.9 Å². The molecule has 0 amide bonds. The van der Waals surface area contributed by atoms with Crippen LogP contribution in [0.3, 0.4) is 0 Å². The van der Waals surface area contributed by atoms with Crippen LogP contribution in [0.4, 0.5) is 0 Å². The van der Waals surface area contributed by atoms with Crippen LogP contribution in [0.2, 0.25) is 0 Å². The lowest BCUT2D eigenvalue weighted by Gasteiger charge is -2.47. The summed E-state index contributed by atoms with van der Waals surface area (Å²) in [6, 6.07) is 4.35. The van der Waals surface area contributed by atoms with Crippen molar-refractivity contribution in [3.63, 3.8) is 0 Å². The molecule has 134 valence electrons. The number of rotatable bonds is 3. The molecule has 5 rings (SSSR count). The summed E-state index contributed by atoms with van der Waals surface area (Å²) in [6.45, 7) is 2.08. The number of fused-ring (bicyclic) bond motifs is 1. The summed E-state index contributed by atoms with van der Waals surface area (Å²) < 4.78 is 23.2. The maximum atomic E-state index is 6.28. The van der Waals surface area contributed by atoms with Gasteiger partial charge in [-0.25, -0.2) is 0 Å². The number of aryl methyl sites for hydroxylation is 1. The third kappa shape index (κ3) is 1.84. The minimum absolute atomic E-state index is 0.107. The lowest BCUT2D eigenvalue weighted by molar-refractivity contribution is -0.0222. The zero-order valence-corrected chi connectivity index (χ0v) is 15.1. The van der Waals surface area contributed by atoms with Gasteiger partial charge in [0.2, 0.25) is 0 Å². The van der Waals surface area contributed by atoms with Crippen molar-refractivity contribution in [2.24, 2.45) is 0 Å². The van der Waals surface area contributed by atoms with E-state index in [0.717, 1.165) is 43.9 Å². The van der Waals surface area contributed by atoms with Crippen molar-refractivity contribution in [1.82, 2.24) is 4.90 Å². The second kappa shape index (κ2) is 5.22. The van der Waals surface area contributed by atoms with E-state index >= 15 is 0 Å². The fourth-order valence-electron chi connectivity index (χ4n) is 5.43. The minimum atomic E-state index is -0.208. The molecule has 0 N–H and O–H groups in total. The number of morpholine rings is 1. The predicted octanol–water partition coefficient (Wildman–Crippen LogP) is 2.27. The van der Waals surface area contributed by atoms with Gasteiger partial charge in [-0.15, -0.1) is 0 Å². The Morgan fingerprint density at radius 1 is 1.16 bits per heavy atom. The van der Waals surface area contributed by atoms with Crippen LogP contribution in [0.1, 0.15) is 24.0 Å². The molecule has 0 saturated carbocycles. The third-order valence-electron chi connectivity index (χ3n) is 6.62. The van der Waals surface area contributed by atoms with E-state index in [1.165, 1.54) is 11.1 Å². The van der Waals surface area contributed by atoms with E-state index in [2.05, 4.69) is 29.2 Å². The number of hydrogen-bond acceptors (Lipinski definition) is 5. The monoisotopic (exact) mass is 343 g/mol. The maximum Gasteiger partial charge on any atom is 0.161 e. The Kier molecular flexibility index (Phi) is 3.28. The molecular formula is C20H25NO4. The lowest BCUT2D eigenvalue weighted by Crippen LogP contribution is -2.54. The van der Waals surface area contributed by atoms with Gasteiger partial charge >= 0.3 is 0 Å². The molecular weight excluding hydrogens is 318 g/mol. The normalized spacial score (nSPS) is 38.2. The largest absolute Gasteiger partial charge is 0.493 e. The molecule has 0 aromatic heterocycles. The van der Waals surface area contributed by atoms with Crippen LogP contribution in [0, 0.1) is 0 Å². The average molecular weight is 343 g/mol. The molecule has 25 heavy (non-hydrogen) atoms. The van der Waals surface area contributed by atoms with Gasteiger partial charge in [-0.05, 0) is 48.7 Å². The van der Waals surface area contributed by atoms with Crippen LogP contribution >= 0.6 is 0 Å². The summed E-state index contributed by atoms with van der Waals surface area (Å²) >= 11 is 0. The summed E-state index contributed by atoms with van der Waals surface area (Å²) in [7, 11) is 5.20. The van der Waals surface area contributed by atoms with Gasteiger partial charge in [-0.2, -0.15) is 0 Å². The van der Waals surface area contributed by atoms with E-state index in [1.54, 1.807) is 21.3 Å². The molecule has 5 nitrogen and oxygen atoms in total. The van der Waals surface area contributed by atoms with E-state index < -0.39 is 0 Å². The fourth-order valence-corrected chi connectivity index (χ4v) is 5.43. The number of epoxide rings is 1. The highest BCUT2D eigenvalue weighted by Gasteiger charge is 2.77. The van der Waals surface area contributed by atoms with Crippen molar-refractivity contribution < 1.29 is 18.9 Å². The molecule has 2 saturated heterocycles. The van der Waals surface area contributed by atoms with Gasteiger partial charge in [0.15, 0.2) is 11.5 Å². The Balaban J connectivity index is 1.75. The molecule has 1 aromatic rings. The van der Waals surface area contributed by atoms with Crippen LogP contribution in [0.15, 0.2) is 24.3 Å². The maximum absolute atomic E-state index is 6.28. The van der Waals surface area contributed by atoms with Gasteiger partial charge in [0, 0.05) is 20.1 Å². The van der Waals surface area contributed by atoms with E-state index in [9.17, 15) is 0 Å². The second-order valence-electron chi connectivity index (χ2n) is 7.51. The number of nitrogens with zero attached hydrogens (tertiary/aromatic N) is 1. The Morgan fingerprint density at radius 3 is 2.72 bits per heavy atom. The van der Waals surface area contributed by atoms with Crippen molar-refractivity contribution >= 4 is 0 Å². The van der Waals surface area contributed by atoms with E-state index in [0.29, 0.717) is 6.10 Å². The first kappa shape index (κ1) is 15.7. The van der Waals surface area contributed by atoms with Crippen LogP contribution in [-0.4, -0.2) is 57.1 Å². The van der Waals surface area contributed by atoms with Crippen LogP contribution in [-0.2, 0) is 21.4 Å². The lowest BCUT2D eigenvalue weighted by atomic mass is 9.69. The molecule has 3 aliphatic heterocycles. The number of benzene rings is 1. The smallest absolute Gasteiger partial charge is 0.161 e. The van der Waals surface area contributed by atoms with Crippen molar-refractivity contribution in [3.05, 3.63) is 35.4 Å². The Bertz CT molecular complexity index is 747. The quantitative estimate of drug-likeness (QED) is 0.622. The topological polar surface area (TPSA) is 43.5 Å². The third-order valence-corrected chi connectivity index (χ3v) is 6.62. The average Bonchev–Trinajstić information content (AvgIpc) is 3.30. The number of hydrogen-bond donors (Lipinski definition) is 0. The molecule has 0 unspecified atom stereocenters. The summed E-state index contributed by atoms with van der Waals surface area (Å²) in [6.07, 6.45) is 7.96. The molecule has 1 aromatic carbocycles. The molecule has 0 radical (unpaired) electrons. The zero-order valence-electron chi connectivity index (χ0n) is 15.1. The Morgan fingerprint density at radius 2 is 1.96 bits per heavy atom. The highest BCUT2D eigenvalue weighted by molar-refractivity contribution is 5.55. The van der Waals surface area contributed by atoms with Crippen molar-refractivity contribution in [3.8, 4) is 11.5 Å². The standard InChI is InChI=1S/C20H25NO4/c1-22-14-6-7-20-18(25-20)12-21-8-4-5-13-9-16(23-2)17(24-3)10-15(13)19(20,21)11-14/h6-7,9-10,14,18H,4-5,8,11-12H2,1-3H3/t14-,18-,19+,20+/m0/s1. The van der Waals surface area contributed by atoms with Gasteiger partial charge in [-0.3, -0.25) is 4.90 Å². The van der Waals surface area contributed by atoms with Gasteiger partial charge in [-0.1, -0.05) is 6.08 Å². The minimum Gasteiger partial charge on any atom is -0.493 e.